The van der Waals surface area contributed by atoms with E-state index in [-0.39, 0.29) is 11.6 Å². The van der Waals surface area contributed by atoms with Crippen molar-refractivity contribution in [3.63, 3.8) is 0 Å². The Morgan fingerprint density at radius 1 is 1.70 bits per heavy atom. The Bertz CT molecular complexity index is 127. The SMILES string of the molecule is COOC1(C(C)N)CC1C. The molecule has 1 aliphatic rings. The van der Waals surface area contributed by atoms with Crippen LogP contribution in [0.4, 0.5) is 0 Å². The summed E-state index contributed by atoms with van der Waals surface area (Å²) in [5.41, 5.74) is 5.52. The molecule has 0 aromatic rings. The van der Waals surface area contributed by atoms with Gasteiger partial charge in [-0.1, -0.05) is 6.92 Å². The molecule has 0 saturated heterocycles. The van der Waals surface area contributed by atoms with Crippen LogP contribution in [0.2, 0.25) is 0 Å². The van der Waals surface area contributed by atoms with E-state index in [2.05, 4.69) is 11.8 Å². The van der Waals surface area contributed by atoms with Gasteiger partial charge in [-0.05, 0) is 19.3 Å². The molecule has 0 aromatic carbocycles. The molecule has 0 bridgehead atoms. The fourth-order valence-corrected chi connectivity index (χ4v) is 1.40. The highest BCUT2D eigenvalue weighted by molar-refractivity contribution is 5.07. The smallest absolute Gasteiger partial charge is 0.121 e. The number of nitrogens with two attached hydrogens (primary N) is 1. The number of hydrogen-bond donors (Lipinski definition) is 1. The van der Waals surface area contributed by atoms with E-state index in [1.54, 1.807) is 0 Å². The monoisotopic (exact) mass is 145 g/mol. The van der Waals surface area contributed by atoms with Crippen molar-refractivity contribution in [1.29, 1.82) is 0 Å². The van der Waals surface area contributed by atoms with Gasteiger partial charge in [-0.15, -0.1) is 0 Å². The van der Waals surface area contributed by atoms with Crippen molar-refractivity contribution < 1.29 is 9.78 Å². The molecule has 1 aliphatic carbocycles. The van der Waals surface area contributed by atoms with Gasteiger partial charge in [-0.2, -0.15) is 0 Å². The second-order valence-electron chi connectivity index (χ2n) is 3.10. The zero-order valence-electron chi connectivity index (χ0n) is 6.76. The van der Waals surface area contributed by atoms with Gasteiger partial charge in [0.15, 0.2) is 0 Å². The van der Waals surface area contributed by atoms with Gasteiger partial charge in [-0.25, -0.2) is 9.78 Å². The highest BCUT2D eigenvalue weighted by Gasteiger charge is 2.56. The van der Waals surface area contributed by atoms with E-state index in [0.717, 1.165) is 6.42 Å². The number of hydrogen-bond acceptors (Lipinski definition) is 3. The predicted octanol–water partition coefficient (Wildman–Crippen LogP) is 0.690. The molecule has 1 fully saturated rings. The molecule has 60 valence electrons. The lowest BCUT2D eigenvalue weighted by molar-refractivity contribution is -0.322. The molecule has 1 rings (SSSR count). The molecule has 0 radical (unpaired) electrons. The first-order valence-electron chi connectivity index (χ1n) is 3.61. The first-order chi connectivity index (χ1) is 4.63. The third-order valence-electron chi connectivity index (χ3n) is 2.31. The van der Waals surface area contributed by atoms with Crippen molar-refractivity contribution in [1.82, 2.24) is 0 Å². The van der Waals surface area contributed by atoms with E-state index in [1.165, 1.54) is 7.11 Å². The van der Waals surface area contributed by atoms with Crippen molar-refractivity contribution in [3.8, 4) is 0 Å². The summed E-state index contributed by atoms with van der Waals surface area (Å²) >= 11 is 0. The summed E-state index contributed by atoms with van der Waals surface area (Å²) in [4.78, 5) is 9.71. The molecule has 2 N–H and O–H groups in total. The lowest BCUT2D eigenvalue weighted by Crippen LogP contribution is -2.37. The molecule has 10 heavy (non-hydrogen) atoms. The molecule has 0 heterocycles. The second kappa shape index (κ2) is 2.49. The quantitative estimate of drug-likeness (QED) is 0.469. The molecule has 0 aromatic heterocycles. The Balaban J connectivity index is 2.46. The molecular weight excluding hydrogens is 130 g/mol. The fraction of sp³-hybridized carbons (Fsp3) is 1.00. The summed E-state index contributed by atoms with van der Waals surface area (Å²) < 4.78 is 0. The van der Waals surface area contributed by atoms with Crippen LogP contribution in [0.5, 0.6) is 0 Å². The van der Waals surface area contributed by atoms with Crippen LogP contribution in [-0.2, 0) is 9.78 Å². The lowest BCUT2D eigenvalue weighted by atomic mass is 10.1. The van der Waals surface area contributed by atoms with E-state index >= 15 is 0 Å². The first-order valence-corrected chi connectivity index (χ1v) is 3.61. The van der Waals surface area contributed by atoms with Crippen LogP contribution in [-0.4, -0.2) is 18.8 Å². The Hall–Kier alpha value is -0.120. The van der Waals surface area contributed by atoms with Crippen molar-refractivity contribution in [3.05, 3.63) is 0 Å². The molecule has 3 nitrogen and oxygen atoms in total. The summed E-state index contributed by atoms with van der Waals surface area (Å²) in [6.07, 6.45) is 1.01. The zero-order chi connectivity index (χ0) is 7.78. The van der Waals surface area contributed by atoms with Crippen molar-refractivity contribution in [2.45, 2.75) is 31.9 Å². The average molecular weight is 145 g/mol. The van der Waals surface area contributed by atoms with Crippen LogP contribution in [0.1, 0.15) is 20.3 Å². The Labute approximate surface area is 61.4 Å². The highest BCUT2D eigenvalue weighted by atomic mass is 17.2. The zero-order valence-corrected chi connectivity index (χ0v) is 6.76. The minimum Gasteiger partial charge on any atom is -0.325 e. The molecule has 0 amide bonds. The maximum atomic E-state index is 5.70. The van der Waals surface area contributed by atoms with Gasteiger partial charge in [0.25, 0.3) is 0 Å². The molecule has 1 saturated carbocycles. The van der Waals surface area contributed by atoms with Crippen LogP contribution < -0.4 is 5.73 Å². The second-order valence-corrected chi connectivity index (χ2v) is 3.10. The Morgan fingerprint density at radius 2 is 2.20 bits per heavy atom. The standard InChI is InChI=1S/C7H15NO2/c1-5-4-7(5,6(2)8)10-9-3/h5-6H,4,8H2,1-3H3. The van der Waals surface area contributed by atoms with Crippen molar-refractivity contribution >= 4 is 0 Å². The number of rotatable bonds is 3. The van der Waals surface area contributed by atoms with Crippen molar-refractivity contribution in [2.75, 3.05) is 7.11 Å². The van der Waals surface area contributed by atoms with Crippen LogP contribution in [0.15, 0.2) is 0 Å². The minimum atomic E-state index is -0.186. The van der Waals surface area contributed by atoms with Crippen LogP contribution in [0.25, 0.3) is 0 Å². The summed E-state index contributed by atoms with van der Waals surface area (Å²) in [7, 11) is 1.52. The molecular formula is C7H15NO2. The van der Waals surface area contributed by atoms with Gasteiger partial charge in [0, 0.05) is 6.04 Å². The lowest BCUT2D eigenvalue weighted by Gasteiger charge is -2.18. The van der Waals surface area contributed by atoms with E-state index in [9.17, 15) is 0 Å². The summed E-state index contributed by atoms with van der Waals surface area (Å²) in [6.45, 7) is 4.06. The largest absolute Gasteiger partial charge is 0.325 e. The molecule has 0 aliphatic heterocycles. The summed E-state index contributed by atoms with van der Waals surface area (Å²) in [6, 6.07) is 0.0578. The third kappa shape index (κ3) is 1.05. The summed E-state index contributed by atoms with van der Waals surface area (Å²) in [5, 5.41) is 0. The van der Waals surface area contributed by atoms with Crippen LogP contribution >= 0.6 is 0 Å². The van der Waals surface area contributed by atoms with Crippen LogP contribution in [0, 0.1) is 5.92 Å². The van der Waals surface area contributed by atoms with Gasteiger partial charge in [0.1, 0.15) is 5.60 Å². The Kier molecular flexibility index (Phi) is 1.99. The minimum absolute atomic E-state index is 0.0578. The normalized spacial score (nSPS) is 41.4. The van der Waals surface area contributed by atoms with E-state index < -0.39 is 0 Å². The maximum absolute atomic E-state index is 5.70. The molecule has 3 atom stereocenters. The highest BCUT2D eigenvalue weighted by Crippen LogP contribution is 2.48. The molecule has 3 unspecified atom stereocenters. The third-order valence-corrected chi connectivity index (χ3v) is 2.31. The van der Waals surface area contributed by atoms with Gasteiger partial charge in [0.2, 0.25) is 0 Å². The predicted molar refractivity (Wildman–Crippen MR) is 38.3 cm³/mol. The van der Waals surface area contributed by atoms with E-state index in [1.807, 2.05) is 6.92 Å². The average Bonchev–Trinajstić information content (AvgIpc) is 2.44. The first kappa shape index (κ1) is 7.98. The Morgan fingerprint density at radius 3 is 2.30 bits per heavy atom. The summed E-state index contributed by atoms with van der Waals surface area (Å²) in [5.74, 6) is 0.535. The molecule has 0 spiro atoms. The van der Waals surface area contributed by atoms with Gasteiger partial charge < -0.3 is 5.73 Å². The van der Waals surface area contributed by atoms with Crippen LogP contribution in [0.3, 0.4) is 0 Å². The van der Waals surface area contributed by atoms with Gasteiger partial charge in [-0.3, -0.25) is 0 Å². The van der Waals surface area contributed by atoms with E-state index in [4.69, 9.17) is 10.6 Å². The molecule has 3 heteroatoms. The maximum Gasteiger partial charge on any atom is 0.121 e. The topological polar surface area (TPSA) is 44.5 Å². The fourth-order valence-electron chi connectivity index (χ4n) is 1.40. The van der Waals surface area contributed by atoms with Crippen molar-refractivity contribution in [2.24, 2.45) is 11.7 Å². The van der Waals surface area contributed by atoms with E-state index in [0.29, 0.717) is 5.92 Å². The van der Waals surface area contributed by atoms with Gasteiger partial charge >= 0.3 is 0 Å². The van der Waals surface area contributed by atoms with Gasteiger partial charge in [0.05, 0.1) is 7.11 Å².